The van der Waals surface area contributed by atoms with Gasteiger partial charge in [0.2, 0.25) is 10.0 Å². The number of hydrogen-bond donors (Lipinski definition) is 2. The average molecular weight is 324 g/mol. The molecular formula is C16H24N2O3S. The molecule has 0 amide bonds. The number of hydrogen-bond acceptors (Lipinski definition) is 4. The summed E-state index contributed by atoms with van der Waals surface area (Å²) in [6, 6.07) is 6.52. The van der Waals surface area contributed by atoms with Crippen LogP contribution in [0, 0.1) is 23.7 Å². The highest BCUT2D eigenvalue weighted by Gasteiger charge is 2.28. The average Bonchev–Trinajstić information content (AvgIpc) is 2.51. The van der Waals surface area contributed by atoms with Gasteiger partial charge in [0.05, 0.1) is 16.5 Å². The first-order chi connectivity index (χ1) is 10.3. The molecule has 1 aromatic rings. The number of benzene rings is 1. The third-order valence-corrected chi connectivity index (χ3v) is 5.93. The Morgan fingerprint density at radius 1 is 1.32 bits per heavy atom. The normalized spacial score (nSPS) is 12.1. The van der Waals surface area contributed by atoms with Gasteiger partial charge in [-0.3, -0.25) is 0 Å². The lowest BCUT2D eigenvalue weighted by Crippen LogP contribution is -2.37. The van der Waals surface area contributed by atoms with Crippen molar-refractivity contribution in [3.63, 3.8) is 0 Å². The zero-order valence-electron chi connectivity index (χ0n) is 13.4. The van der Waals surface area contributed by atoms with Crippen LogP contribution >= 0.6 is 0 Å². The van der Waals surface area contributed by atoms with Crippen molar-refractivity contribution in [3.05, 3.63) is 29.3 Å². The number of sulfonamides is 1. The van der Waals surface area contributed by atoms with Crippen LogP contribution < -0.4 is 4.72 Å². The van der Waals surface area contributed by atoms with Crippen molar-refractivity contribution in [1.82, 2.24) is 4.72 Å². The summed E-state index contributed by atoms with van der Waals surface area (Å²) in [7, 11) is -3.63. The van der Waals surface area contributed by atoms with Crippen LogP contribution in [0.2, 0.25) is 0 Å². The molecule has 0 radical (unpaired) electrons. The second-order valence-corrected chi connectivity index (χ2v) is 7.33. The number of rotatable bonds is 8. The van der Waals surface area contributed by atoms with Crippen LogP contribution in [0.3, 0.4) is 0 Å². The van der Waals surface area contributed by atoms with E-state index >= 15 is 0 Å². The van der Waals surface area contributed by atoms with Gasteiger partial charge in [-0.15, -0.1) is 0 Å². The Balaban J connectivity index is 2.99. The molecular weight excluding hydrogens is 300 g/mol. The number of aryl methyl sites for hydroxylation is 1. The number of nitrogens with one attached hydrogen (secondary N) is 1. The summed E-state index contributed by atoms with van der Waals surface area (Å²) >= 11 is 0. The van der Waals surface area contributed by atoms with E-state index in [0.717, 1.165) is 12.8 Å². The molecule has 6 heteroatoms. The molecule has 0 aliphatic rings. The lowest BCUT2D eigenvalue weighted by atomic mass is 9.80. The summed E-state index contributed by atoms with van der Waals surface area (Å²) in [6.45, 7) is 6.01. The van der Waals surface area contributed by atoms with E-state index < -0.39 is 10.0 Å². The Morgan fingerprint density at radius 3 is 2.41 bits per heavy atom. The van der Waals surface area contributed by atoms with Crippen molar-refractivity contribution in [2.24, 2.45) is 5.41 Å². The van der Waals surface area contributed by atoms with Crippen LogP contribution in [0.15, 0.2) is 23.1 Å². The van der Waals surface area contributed by atoms with E-state index in [0.29, 0.717) is 24.1 Å². The van der Waals surface area contributed by atoms with Crippen molar-refractivity contribution >= 4 is 10.0 Å². The second-order valence-electron chi connectivity index (χ2n) is 5.60. The fourth-order valence-corrected chi connectivity index (χ4v) is 3.91. The van der Waals surface area contributed by atoms with Crippen molar-refractivity contribution in [2.45, 2.75) is 44.9 Å². The van der Waals surface area contributed by atoms with Crippen LogP contribution in [-0.4, -0.2) is 26.7 Å². The molecule has 22 heavy (non-hydrogen) atoms. The van der Waals surface area contributed by atoms with E-state index in [-0.39, 0.29) is 16.9 Å². The zero-order valence-corrected chi connectivity index (χ0v) is 14.2. The SMILES string of the molecule is CCC(CC)(CCO)CNS(=O)(=O)c1ccc(C#N)cc1C. The summed E-state index contributed by atoms with van der Waals surface area (Å²) < 4.78 is 27.6. The van der Waals surface area contributed by atoms with Crippen molar-refractivity contribution in [3.8, 4) is 6.07 Å². The highest BCUT2D eigenvalue weighted by Crippen LogP contribution is 2.30. The van der Waals surface area contributed by atoms with Gasteiger partial charge in [-0.2, -0.15) is 5.26 Å². The first-order valence-electron chi connectivity index (χ1n) is 7.45. The maximum atomic E-state index is 12.5. The smallest absolute Gasteiger partial charge is 0.240 e. The number of aliphatic hydroxyl groups is 1. The fourth-order valence-electron chi connectivity index (χ4n) is 2.53. The van der Waals surface area contributed by atoms with E-state index in [2.05, 4.69) is 4.72 Å². The van der Waals surface area contributed by atoms with Crippen molar-refractivity contribution in [2.75, 3.05) is 13.2 Å². The molecule has 0 aliphatic heterocycles. The molecule has 0 heterocycles. The highest BCUT2D eigenvalue weighted by molar-refractivity contribution is 7.89. The van der Waals surface area contributed by atoms with Crippen molar-refractivity contribution < 1.29 is 13.5 Å². The number of nitriles is 1. The fraction of sp³-hybridized carbons (Fsp3) is 0.562. The molecule has 0 saturated carbocycles. The second kappa shape index (κ2) is 7.73. The molecule has 0 aromatic heterocycles. The summed E-state index contributed by atoms with van der Waals surface area (Å²) in [5.74, 6) is 0. The van der Waals surface area contributed by atoms with Crippen LogP contribution in [-0.2, 0) is 10.0 Å². The molecule has 2 N–H and O–H groups in total. The molecule has 5 nitrogen and oxygen atoms in total. The summed E-state index contributed by atoms with van der Waals surface area (Å²) in [6.07, 6.45) is 2.15. The van der Waals surface area contributed by atoms with Gasteiger partial charge < -0.3 is 5.11 Å². The van der Waals surface area contributed by atoms with Gasteiger partial charge in [-0.25, -0.2) is 13.1 Å². The predicted molar refractivity (Wildman–Crippen MR) is 85.8 cm³/mol. The minimum Gasteiger partial charge on any atom is -0.396 e. The molecule has 0 saturated heterocycles. The molecule has 0 spiro atoms. The van der Waals surface area contributed by atoms with Crippen LogP contribution in [0.25, 0.3) is 0 Å². The van der Waals surface area contributed by atoms with E-state index in [1.54, 1.807) is 13.0 Å². The van der Waals surface area contributed by atoms with E-state index in [9.17, 15) is 13.5 Å². The largest absolute Gasteiger partial charge is 0.396 e. The quantitative estimate of drug-likeness (QED) is 0.768. The van der Waals surface area contributed by atoms with Gasteiger partial charge in [-0.1, -0.05) is 13.8 Å². The Morgan fingerprint density at radius 2 is 1.95 bits per heavy atom. The topological polar surface area (TPSA) is 90.2 Å². The zero-order chi connectivity index (χ0) is 16.8. The molecule has 0 bridgehead atoms. The Labute approximate surface area is 133 Å². The Bertz CT molecular complexity index is 644. The van der Waals surface area contributed by atoms with Gasteiger partial charge >= 0.3 is 0 Å². The highest BCUT2D eigenvalue weighted by atomic mass is 32.2. The van der Waals surface area contributed by atoms with Gasteiger partial charge in [0.25, 0.3) is 0 Å². The molecule has 1 rings (SSSR count). The minimum atomic E-state index is -3.63. The standard InChI is InChI=1S/C16H24N2O3S/c1-4-16(5-2,8-9-19)12-18-22(20,21)15-7-6-14(11-17)10-13(15)3/h6-7,10,18-19H,4-5,8-9,12H2,1-3H3. The van der Waals surface area contributed by atoms with E-state index in [1.807, 2.05) is 19.9 Å². The Hall–Kier alpha value is -1.42. The maximum absolute atomic E-state index is 12.5. The predicted octanol–water partition coefficient (Wildman–Crippen LogP) is 2.33. The molecule has 0 atom stereocenters. The Kier molecular flexibility index (Phi) is 6.54. The van der Waals surface area contributed by atoms with E-state index in [4.69, 9.17) is 5.26 Å². The monoisotopic (exact) mass is 324 g/mol. The van der Waals surface area contributed by atoms with Gasteiger partial charge in [0.1, 0.15) is 0 Å². The third-order valence-electron chi connectivity index (χ3n) is 4.37. The minimum absolute atomic E-state index is 0.0410. The lowest BCUT2D eigenvalue weighted by Gasteiger charge is -2.31. The van der Waals surface area contributed by atoms with Crippen LogP contribution in [0.4, 0.5) is 0 Å². The first-order valence-corrected chi connectivity index (χ1v) is 8.93. The first kappa shape index (κ1) is 18.6. The lowest BCUT2D eigenvalue weighted by molar-refractivity contribution is 0.170. The molecule has 0 unspecified atom stereocenters. The van der Waals surface area contributed by atoms with Gasteiger partial charge in [-0.05, 0) is 55.4 Å². The van der Waals surface area contributed by atoms with Gasteiger partial charge in [0.15, 0.2) is 0 Å². The van der Waals surface area contributed by atoms with Crippen molar-refractivity contribution in [1.29, 1.82) is 5.26 Å². The summed E-state index contributed by atoms with van der Waals surface area (Å²) in [5.41, 5.74) is 0.753. The molecule has 122 valence electrons. The molecule has 1 aromatic carbocycles. The summed E-state index contributed by atoms with van der Waals surface area (Å²) in [4.78, 5) is 0.191. The molecule has 0 fully saturated rings. The number of nitrogens with zero attached hydrogens (tertiary/aromatic N) is 1. The van der Waals surface area contributed by atoms with Gasteiger partial charge in [0, 0.05) is 13.2 Å². The molecule has 0 aliphatic carbocycles. The number of aliphatic hydroxyl groups excluding tert-OH is 1. The van der Waals surface area contributed by atoms with Crippen LogP contribution in [0.5, 0.6) is 0 Å². The van der Waals surface area contributed by atoms with Crippen LogP contribution in [0.1, 0.15) is 44.2 Å². The third kappa shape index (κ3) is 4.29. The maximum Gasteiger partial charge on any atom is 0.240 e. The van der Waals surface area contributed by atoms with E-state index in [1.165, 1.54) is 12.1 Å². The summed E-state index contributed by atoms with van der Waals surface area (Å²) in [5, 5.41) is 18.1.